The first-order valence-electron chi connectivity index (χ1n) is 10.2. The molecule has 162 valence electrons. The van der Waals surface area contributed by atoms with Gasteiger partial charge in [0, 0.05) is 30.1 Å². The predicted octanol–water partition coefficient (Wildman–Crippen LogP) is 3.69. The van der Waals surface area contributed by atoms with Gasteiger partial charge in [-0.15, -0.1) is 5.10 Å². The molecular weight excluding hydrogens is 412 g/mol. The van der Waals surface area contributed by atoms with Gasteiger partial charge in [-0.05, 0) is 35.4 Å². The van der Waals surface area contributed by atoms with Crippen LogP contribution in [0.25, 0.3) is 0 Å². The molecule has 1 amide bonds. The highest BCUT2D eigenvalue weighted by Gasteiger charge is 2.34. The third-order valence-electron chi connectivity index (χ3n) is 5.67. The third-order valence-corrected chi connectivity index (χ3v) is 6.53. The third kappa shape index (κ3) is 4.91. The molecule has 7 nitrogen and oxygen atoms in total. The molecular formula is C23H26N4O3S. The van der Waals surface area contributed by atoms with E-state index >= 15 is 0 Å². The number of ether oxygens (including phenoxy) is 2. The van der Waals surface area contributed by atoms with Crippen LogP contribution in [0.15, 0.2) is 58.7 Å². The summed E-state index contributed by atoms with van der Waals surface area (Å²) in [6.07, 6.45) is 0.732. The Hall–Kier alpha value is -2.84. The molecule has 31 heavy (non-hydrogen) atoms. The average Bonchev–Trinajstić information content (AvgIpc) is 3.23. The van der Waals surface area contributed by atoms with Gasteiger partial charge in [0.25, 0.3) is 0 Å². The van der Waals surface area contributed by atoms with Gasteiger partial charge in [-0.2, -0.15) is 5.10 Å². The molecule has 4 rings (SSSR count). The molecule has 2 aromatic rings. The number of rotatable bonds is 5. The monoisotopic (exact) mass is 438 g/mol. The Morgan fingerprint density at radius 1 is 0.935 bits per heavy atom. The number of piperidine rings is 1. The lowest BCUT2D eigenvalue weighted by Crippen LogP contribution is -2.41. The smallest absolute Gasteiger partial charge is 0.236 e. The summed E-state index contributed by atoms with van der Waals surface area (Å²) in [5, 5.41) is 16.0. The zero-order chi connectivity index (χ0) is 21.8. The van der Waals surface area contributed by atoms with E-state index in [2.05, 4.69) is 52.0 Å². The number of hydrogen-bond donors (Lipinski definition) is 2. The molecule has 2 aliphatic heterocycles. The quantitative estimate of drug-likeness (QED) is 0.696. The van der Waals surface area contributed by atoms with Crippen molar-refractivity contribution in [3.8, 4) is 11.5 Å². The van der Waals surface area contributed by atoms with Gasteiger partial charge < -0.3 is 20.1 Å². The molecule has 0 aliphatic carbocycles. The number of methoxy groups -OCH3 is 2. The topological polar surface area (TPSA) is 84.3 Å². The maximum atomic E-state index is 11.5. The molecule has 0 bridgehead atoms. The van der Waals surface area contributed by atoms with Crippen molar-refractivity contribution < 1.29 is 14.3 Å². The van der Waals surface area contributed by atoms with Gasteiger partial charge in [-0.1, -0.05) is 43.0 Å². The molecule has 2 N–H and O–H groups in total. The van der Waals surface area contributed by atoms with Crippen LogP contribution in [0.1, 0.15) is 36.6 Å². The Balaban J connectivity index is 1.65. The van der Waals surface area contributed by atoms with E-state index in [-0.39, 0.29) is 23.9 Å². The number of carbonyl (C=O) groups is 1. The van der Waals surface area contributed by atoms with Crippen molar-refractivity contribution in [3.05, 3.63) is 59.7 Å². The van der Waals surface area contributed by atoms with Crippen LogP contribution in [-0.2, 0) is 4.79 Å². The van der Waals surface area contributed by atoms with Crippen molar-refractivity contribution in [3.63, 3.8) is 0 Å². The number of amidine groups is 1. The molecule has 0 saturated carbocycles. The summed E-state index contributed by atoms with van der Waals surface area (Å²) in [6, 6.07) is 16.4. The van der Waals surface area contributed by atoms with Gasteiger partial charge in [0.05, 0.1) is 20.0 Å². The van der Waals surface area contributed by atoms with Crippen LogP contribution in [0.3, 0.4) is 0 Å². The minimum Gasteiger partial charge on any atom is -0.497 e. The minimum absolute atomic E-state index is 0.0328. The lowest BCUT2D eigenvalue weighted by atomic mass is 9.81. The molecule has 3 atom stereocenters. The standard InChI is InChI=1S/C23H26N4O3S/c1-14-19(26-27-23-25-21(28)13-31-23)12-20(15-4-8-17(29-2)9-5-15)24-22(14)16-6-10-18(30-3)11-7-16/h4-11,14,20,22,24H,12-13H2,1-3H3,(H,25,27,28)/b26-19-. The zero-order valence-electron chi connectivity index (χ0n) is 17.8. The van der Waals surface area contributed by atoms with Gasteiger partial charge in [0.15, 0.2) is 5.17 Å². The van der Waals surface area contributed by atoms with Crippen molar-refractivity contribution in [2.75, 3.05) is 20.0 Å². The molecule has 8 heteroatoms. The molecule has 0 radical (unpaired) electrons. The summed E-state index contributed by atoms with van der Waals surface area (Å²) in [6.45, 7) is 2.16. The molecule has 2 aromatic carbocycles. The first kappa shape index (κ1) is 21.4. The number of amides is 1. The second-order valence-electron chi connectivity index (χ2n) is 7.57. The van der Waals surface area contributed by atoms with E-state index < -0.39 is 0 Å². The summed E-state index contributed by atoms with van der Waals surface area (Å²) in [5.41, 5.74) is 3.32. The largest absolute Gasteiger partial charge is 0.497 e. The van der Waals surface area contributed by atoms with E-state index in [0.717, 1.165) is 34.8 Å². The Bertz CT molecular complexity index is 989. The highest BCUT2D eigenvalue weighted by Crippen LogP contribution is 2.36. The van der Waals surface area contributed by atoms with Crippen molar-refractivity contribution >= 4 is 28.5 Å². The predicted molar refractivity (Wildman–Crippen MR) is 124 cm³/mol. The van der Waals surface area contributed by atoms with Crippen molar-refractivity contribution in [1.29, 1.82) is 0 Å². The maximum absolute atomic E-state index is 11.5. The Morgan fingerprint density at radius 3 is 2.10 bits per heavy atom. The van der Waals surface area contributed by atoms with Crippen LogP contribution in [0.4, 0.5) is 0 Å². The van der Waals surface area contributed by atoms with Crippen molar-refractivity contribution in [2.45, 2.75) is 25.4 Å². The van der Waals surface area contributed by atoms with Gasteiger partial charge >= 0.3 is 0 Å². The molecule has 2 saturated heterocycles. The van der Waals surface area contributed by atoms with E-state index in [1.807, 2.05) is 24.3 Å². The molecule has 3 unspecified atom stereocenters. The first-order chi connectivity index (χ1) is 15.1. The molecule has 0 aromatic heterocycles. The van der Waals surface area contributed by atoms with E-state index in [1.165, 1.54) is 11.8 Å². The molecule has 2 aliphatic rings. The number of hydrogen-bond acceptors (Lipinski definition) is 7. The average molecular weight is 439 g/mol. The SMILES string of the molecule is COc1ccc(C2C/C(=N/N=C3NC(=O)CS3)C(C)C(c3ccc(OC)cc3)N2)cc1. The Labute approximate surface area is 186 Å². The summed E-state index contributed by atoms with van der Waals surface area (Å²) in [4.78, 5) is 11.5. The number of nitrogens with zero attached hydrogens (tertiary/aromatic N) is 2. The van der Waals surface area contributed by atoms with Crippen LogP contribution >= 0.6 is 11.8 Å². The zero-order valence-corrected chi connectivity index (χ0v) is 18.6. The molecule has 2 fully saturated rings. The van der Waals surface area contributed by atoms with E-state index in [9.17, 15) is 4.79 Å². The van der Waals surface area contributed by atoms with Crippen LogP contribution in [0.2, 0.25) is 0 Å². The van der Waals surface area contributed by atoms with E-state index in [4.69, 9.17) is 9.47 Å². The fourth-order valence-electron chi connectivity index (χ4n) is 3.87. The molecule has 2 heterocycles. The van der Waals surface area contributed by atoms with Crippen LogP contribution in [0, 0.1) is 5.92 Å². The van der Waals surface area contributed by atoms with E-state index in [0.29, 0.717) is 10.9 Å². The normalized spacial score (nSPS) is 26.2. The number of carbonyl (C=O) groups excluding carboxylic acids is 1. The Morgan fingerprint density at radius 2 is 1.55 bits per heavy atom. The summed E-state index contributed by atoms with van der Waals surface area (Å²) < 4.78 is 10.6. The van der Waals surface area contributed by atoms with Crippen molar-refractivity contribution in [1.82, 2.24) is 10.6 Å². The van der Waals surface area contributed by atoms with Crippen LogP contribution in [-0.4, -0.2) is 36.8 Å². The fraction of sp³-hybridized carbons (Fsp3) is 0.348. The van der Waals surface area contributed by atoms with Gasteiger partial charge in [0.1, 0.15) is 11.5 Å². The second-order valence-corrected chi connectivity index (χ2v) is 8.53. The fourth-order valence-corrected chi connectivity index (χ4v) is 4.50. The molecule has 0 spiro atoms. The van der Waals surface area contributed by atoms with Gasteiger partial charge in [0.2, 0.25) is 5.91 Å². The van der Waals surface area contributed by atoms with Crippen LogP contribution in [0.5, 0.6) is 11.5 Å². The highest BCUT2D eigenvalue weighted by molar-refractivity contribution is 8.15. The lowest BCUT2D eigenvalue weighted by molar-refractivity contribution is -0.116. The number of nitrogens with one attached hydrogen (secondary N) is 2. The summed E-state index contributed by atoms with van der Waals surface area (Å²) in [7, 11) is 3.33. The number of thioether (sulfide) groups is 1. The minimum atomic E-state index is -0.0328. The van der Waals surface area contributed by atoms with Crippen molar-refractivity contribution in [2.24, 2.45) is 16.1 Å². The summed E-state index contributed by atoms with van der Waals surface area (Å²) in [5.74, 6) is 2.15. The highest BCUT2D eigenvalue weighted by atomic mass is 32.2. The lowest BCUT2D eigenvalue weighted by Gasteiger charge is -2.37. The summed E-state index contributed by atoms with van der Waals surface area (Å²) >= 11 is 1.38. The first-order valence-corrected chi connectivity index (χ1v) is 11.2. The second kappa shape index (κ2) is 9.53. The van der Waals surface area contributed by atoms with Gasteiger partial charge in [-0.25, -0.2) is 0 Å². The van der Waals surface area contributed by atoms with Gasteiger partial charge in [-0.3, -0.25) is 4.79 Å². The Kier molecular flexibility index (Phi) is 6.58. The number of benzene rings is 2. The van der Waals surface area contributed by atoms with Crippen LogP contribution < -0.4 is 20.1 Å². The maximum Gasteiger partial charge on any atom is 0.236 e. The van der Waals surface area contributed by atoms with E-state index in [1.54, 1.807) is 14.2 Å².